The normalized spacial score (nSPS) is 33.5. The molecule has 0 bridgehead atoms. The zero-order valence-electron chi connectivity index (χ0n) is 13.0. The van der Waals surface area contributed by atoms with Crippen molar-refractivity contribution < 1.29 is 0 Å². The summed E-state index contributed by atoms with van der Waals surface area (Å²) in [5, 5.41) is 3.99. The highest BCUT2D eigenvalue weighted by molar-refractivity contribution is 5.03. The standard InChI is InChI=1S/C17H32N2/c1-3-14(2)12-19-13-17(9-5-4-6-10-17)18-11-16(19)15-7-8-15/h14-16,18H,3-13H2,1-2H3. The van der Waals surface area contributed by atoms with Crippen LogP contribution in [0.5, 0.6) is 0 Å². The van der Waals surface area contributed by atoms with Gasteiger partial charge in [0.15, 0.2) is 0 Å². The highest BCUT2D eigenvalue weighted by atomic mass is 15.3. The molecule has 1 aliphatic heterocycles. The first-order valence-electron chi connectivity index (χ1n) is 8.71. The van der Waals surface area contributed by atoms with E-state index in [-0.39, 0.29) is 0 Å². The molecule has 19 heavy (non-hydrogen) atoms. The van der Waals surface area contributed by atoms with Crippen LogP contribution in [-0.4, -0.2) is 36.1 Å². The van der Waals surface area contributed by atoms with Gasteiger partial charge in [-0.2, -0.15) is 0 Å². The fourth-order valence-electron chi connectivity index (χ4n) is 4.25. The monoisotopic (exact) mass is 264 g/mol. The van der Waals surface area contributed by atoms with Gasteiger partial charge >= 0.3 is 0 Å². The third kappa shape index (κ3) is 3.16. The first-order valence-corrected chi connectivity index (χ1v) is 8.71. The van der Waals surface area contributed by atoms with E-state index in [1.807, 2.05) is 0 Å². The SMILES string of the molecule is CCC(C)CN1CC2(CCCCC2)NCC1C1CC1. The Labute approximate surface area is 119 Å². The van der Waals surface area contributed by atoms with Crippen LogP contribution in [0.4, 0.5) is 0 Å². The van der Waals surface area contributed by atoms with Crippen LogP contribution in [0.2, 0.25) is 0 Å². The van der Waals surface area contributed by atoms with E-state index in [1.54, 1.807) is 0 Å². The van der Waals surface area contributed by atoms with Crippen molar-refractivity contribution in [1.29, 1.82) is 0 Å². The van der Waals surface area contributed by atoms with Crippen LogP contribution in [0.3, 0.4) is 0 Å². The lowest BCUT2D eigenvalue weighted by Crippen LogP contribution is -2.65. The van der Waals surface area contributed by atoms with Crippen molar-refractivity contribution in [3.8, 4) is 0 Å². The van der Waals surface area contributed by atoms with E-state index in [1.165, 1.54) is 71.0 Å². The van der Waals surface area contributed by atoms with Gasteiger partial charge in [0, 0.05) is 31.2 Å². The van der Waals surface area contributed by atoms with E-state index >= 15 is 0 Å². The van der Waals surface area contributed by atoms with Gasteiger partial charge in [-0.05, 0) is 37.5 Å². The highest BCUT2D eigenvalue weighted by Crippen LogP contribution is 2.40. The van der Waals surface area contributed by atoms with Crippen molar-refractivity contribution in [1.82, 2.24) is 10.2 Å². The molecule has 2 aliphatic carbocycles. The summed E-state index contributed by atoms with van der Waals surface area (Å²) in [6, 6.07) is 0.849. The van der Waals surface area contributed by atoms with Gasteiger partial charge in [0.25, 0.3) is 0 Å². The Morgan fingerprint density at radius 2 is 1.95 bits per heavy atom. The quantitative estimate of drug-likeness (QED) is 0.837. The number of nitrogens with one attached hydrogen (secondary N) is 1. The number of rotatable bonds is 4. The van der Waals surface area contributed by atoms with Gasteiger partial charge < -0.3 is 5.32 Å². The molecular formula is C17H32N2. The molecule has 1 N–H and O–H groups in total. The maximum atomic E-state index is 3.99. The molecule has 3 aliphatic rings. The third-order valence-electron chi connectivity index (χ3n) is 5.88. The van der Waals surface area contributed by atoms with Crippen molar-refractivity contribution in [2.45, 2.75) is 76.8 Å². The summed E-state index contributed by atoms with van der Waals surface area (Å²) in [5.41, 5.74) is 0.483. The number of piperazine rings is 1. The fourth-order valence-corrected chi connectivity index (χ4v) is 4.25. The summed E-state index contributed by atoms with van der Waals surface area (Å²) in [7, 11) is 0. The van der Waals surface area contributed by atoms with E-state index in [0.717, 1.165) is 17.9 Å². The molecule has 2 saturated carbocycles. The van der Waals surface area contributed by atoms with E-state index in [9.17, 15) is 0 Å². The van der Waals surface area contributed by atoms with E-state index in [2.05, 4.69) is 24.1 Å². The Bertz CT molecular complexity index is 292. The molecule has 2 heteroatoms. The summed E-state index contributed by atoms with van der Waals surface area (Å²) in [6.45, 7) is 8.70. The summed E-state index contributed by atoms with van der Waals surface area (Å²) in [6.07, 6.45) is 11.5. The second-order valence-corrected chi connectivity index (χ2v) is 7.57. The Morgan fingerprint density at radius 1 is 1.21 bits per heavy atom. The maximum absolute atomic E-state index is 3.99. The lowest BCUT2D eigenvalue weighted by atomic mass is 9.79. The van der Waals surface area contributed by atoms with Gasteiger partial charge in [0.1, 0.15) is 0 Å². The second-order valence-electron chi connectivity index (χ2n) is 7.57. The van der Waals surface area contributed by atoms with Crippen molar-refractivity contribution >= 4 is 0 Å². The maximum Gasteiger partial charge on any atom is 0.0309 e. The Balaban J connectivity index is 1.66. The Morgan fingerprint density at radius 3 is 2.58 bits per heavy atom. The van der Waals surface area contributed by atoms with E-state index in [4.69, 9.17) is 0 Å². The molecular weight excluding hydrogens is 232 g/mol. The summed E-state index contributed by atoms with van der Waals surface area (Å²) < 4.78 is 0. The molecule has 1 spiro atoms. The molecule has 0 aromatic rings. The lowest BCUT2D eigenvalue weighted by molar-refractivity contribution is 0.0367. The Hall–Kier alpha value is -0.0800. The minimum absolute atomic E-state index is 0.483. The zero-order chi connectivity index (χ0) is 13.3. The number of nitrogens with zero attached hydrogens (tertiary/aromatic N) is 1. The largest absolute Gasteiger partial charge is 0.308 e. The topological polar surface area (TPSA) is 15.3 Å². The van der Waals surface area contributed by atoms with Crippen molar-refractivity contribution in [2.75, 3.05) is 19.6 Å². The molecule has 2 nitrogen and oxygen atoms in total. The first-order chi connectivity index (χ1) is 9.22. The molecule has 1 heterocycles. The molecule has 110 valence electrons. The first kappa shape index (κ1) is 13.9. The third-order valence-corrected chi connectivity index (χ3v) is 5.88. The van der Waals surface area contributed by atoms with Crippen molar-refractivity contribution in [3.63, 3.8) is 0 Å². The molecule has 2 unspecified atom stereocenters. The average Bonchev–Trinajstić information content (AvgIpc) is 3.24. The van der Waals surface area contributed by atoms with Crippen molar-refractivity contribution in [3.05, 3.63) is 0 Å². The van der Waals surface area contributed by atoms with Crippen LogP contribution >= 0.6 is 0 Å². The minimum atomic E-state index is 0.483. The smallest absolute Gasteiger partial charge is 0.0309 e. The van der Waals surface area contributed by atoms with E-state index < -0.39 is 0 Å². The second kappa shape index (κ2) is 5.73. The molecule has 2 atom stereocenters. The molecule has 0 amide bonds. The number of hydrogen-bond donors (Lipinski definition) is 1. The summed E-state index contributed by atoms with van der Waals surface area (Å²) in [5.74, 6) is 1.87. The van der Waals surface area contributed by atoms with Gasteiger partial charge in [-0.25, -0.2) is 0 Å². The molecule has 0 aromatic carbocycles. The van der Waals surface area contributed by atoms with Crippen LogP contribution in [0.25, 0.3) is 0 Å². The summed E-state index contributed by atoms with van der Waals surface area (Å²) >= 11 is 0. The van der Waals surface area contributed by atoms with Crippen LogP contribution in [-0.2, 0) is 0 Å². The predicted molar refractivity (Wildman–Crippen MR) is 81.4 cm³/mol. The van der Waals surface area contributed by atoms with Gasteiger partial charge in [0.05, 0.1) is 0 Å². The molecule has 3 rings (SSSR count). The molecule has 1 saturated heterocycles. The highest BCUT2D eigenvalue weighted by Gasteiger charge is 2.44. The predicted octanol–water partition coefficient (Wildman–Crippen LogP) is 3.42. The summed E-state index contributed by atoms with van der Waals surface area (Å²) in [4.78, 5) is 2.88. The van der Waals surface area contributed by atoms with Gasteiger partial charge in [-0.15, -0.1) is 0 Å². The molecule has 3 fully saturated rings. The molecule has 0 radical (unpaired) electrons. The van der Waals surface area contributed by atoms with E-state index in [0.29, 0.717) is 5.54 Å². The number of hydrogen-bond acceptors (Lipinski definition) is 2. The Kier molecular flexibility index (Phi) is 4.19. The van der Waals surface area contributed by atoms with Crippen LogP contribution < -0.4 is 5.32 Å². The van der Waals surface area contributed by atoms with Crippen LogP contribution in [0, 0.1) is 11.8 Å². The zero-order valence-corrected chi connectivity index (χ0v) is 13.0. The van der Waals surface area contributed by atoms with Gasteiger partial charge in [0.2, 0.25) is 0 Å². The van der Waals surface area contributed by atoms with Gasteiger partial charge in [-0.1, -0.05) is 39.5 Å². The lowest BCUT2D eigenvalue weighted by Gasteiger charge is -2.50. The minimum Gasteiger partial charge on any atom is -0.308 e. The van der Waals surface area contributed by atoms with Gasteiger partial charge in [-0.3, -0.25) is 4.90 Å². The average molecular weight is 264 g/mol. The van der Waals surface area contributed by atoms with Crippen LogP contribution in [0.1, 0.15) is 65.2 Å². The molecule has 0 aromatic heterocycles. The van der Waals surface area contributed by atoms with Crippen LogP contribution in [0.15, 0.2) is 0 Å². The fraction of sp³-hybridized carbons (Fsp3) is 1.00. The van der Waals surface area contributed by atoms with Crippen molar-refractivity contribution in [2.24, 2.45) is 11.8 Å².